The number of rotatable bonds is 7. The maximum atomic E-state index is 12.7. The second-order valence-corrected chi connectivity index (χ2v) is 7.86. The van der Waals surface area contributed by atoms with E-state index in [1.807, 2.05) is 0 Å². The molecule has 0 radical (unpaired) electrons. The molecule has 2 aromatic carbocycles. The van der Waals surface area contributed by atoms with E-state index in [9.17, 15) is 18.0 Å². The Morgan fingerprint density at radius 3 is 2.44 bits per heavy atom. The maximum absolute atomic E-state index is 12.7. The topological polar surface area (TPSA) is 85.4 Å². The van der Waals surface area contributed by atoms with Gasteiger partial charge in [0, 0.05) is 23.4 Å². The number of hydrogen-bond acceptors (Lipinski definition) is 7. The Labute approximate surface area is 194 Å². The molecule has 34 heavy (non-hydrogen) atoms. The Balaban J connectivity index is 1.64. The summed E-state index contributed by atoms with van der Waals surface area (Å²) >= 11 is 0. The van der Waals surface area contributed by atoms with Crippen molar-refractivity contribution in [2.45, 2.75) is 38.1 Å². The van der Waals surface area contributed by atoms with Crippen LogP contribution in [0.1, 0.15) is 36.0 Å². The van der Waals surface area contributed by atoms with Gasteiger partial charge in [0.15, 0.2) is 0 Å². The lowest BCUT2D eigenvalue weighted by molar-refractivity contribution is -0.274. The van der Waals surface area contributed by atoms with E-state index in [1.165, 1.54) is 25.3 Å². The molecule has 4 rings (SSSR count). The van der Waals surface area contributed by atoms with Gasteiger partial charge in [-0.1, -0.05) is 25.0 Å². The molecule has 0 amide bonds. The highest BCUT2D eigenvalue weighted by Crippen LogP contribution is 2.30. The van der Waals surface area contributed by atoms with E-state index in [0.29, 0.717) is 34.3 Å². The molecule has 0 atom stereocenters. The number of nitrogens with zero attached hydrogens (tertiary/aromatic N) is 2. The van der Waals surface area contributed by atoms with Crippen LogP contribution in [-0.2, 0) is 4.74 Å². The third kappa shape index (κ3) is 6.15. The van der Waals surface area contributed by atoms with Crippen LogP contribution in [0.4, 0.5) is 30.6 Å². The van der Waals surface area contributed by atoms with Gasteiger partial charge in [-0.3, -0.25) is 0 Å². The number of nitrogens with one attached hydrogen (secondary N) is 2. The first-order chi connectivity index (χ1) is 16.3. The number of benzene rings is 2. The number of carbonyl (C=O) groups excluding carboxylic acids is 1. The molecule has 1 aliphatic carbocycles. The molecule has 7 nitrogen and oxygen atoms in total. The lowest BCUT2D eigenvalue weighted by Gasteiger charge is -2.15. The van der Waals surface area contributed by atoms with Gasteiger partial charge < -0.3 is 20.1 Å². The fraction of sp³-hybridized carbons (Fsp3) is 0.292. The molecule has 0 spiro atoms. The highest BCUT2D eigenvalue weighted by molar-refractivity contribution is 5.89. The lowest BCUT2D eigenvalue weighted by atomic mass is 10.1. The molecule has 0 saturated heterocycles. The minimum Gasteiger partial charge on any atom is -0.465 e. The number of aromatic nitrogens is 2. The average molecular weight is 472 g/mol. The first kappa shape index (κ1) is 23.3. The summed E-state index contributed by atoms with van der Waals surface area (Å²) in [6, 6.07) is 14.2. The van der Waals surface area contributed by atoms with Gasteiger partial charge in [0.1, 0.15) is 11.6 Å². The molecular formula is C24H23F3N4O3. The van der Waals surface area contributed by atoms with Crippen LogP contribution in [0.2, 0.25) is 0 Å². The predicted octanol–water partition coefficient (Wildman–Crippen LogP) is 5.93. The van der Waals surface area contributed by atoms with Gasteiger partial charge in [-0.2, -0.15) is 4.98 Å². The Kier molecular flexibility index (Phi) is 6.85. The van der Waals surface area contributed by atoms with Crippen molar-refractivity contribution < 1.29 is 27.4 Å². The van der Waals surface area contributed by atoms with E-state index in [2.05, 4.69) is 25.3 Å². The van der Waals surface area contributed by atoms with Crippen LogP contribution in [-0.4, -0.2) is 35.5 Å². The fourth-order valence-corrected chi connectivity index (χ4v) is 3.78. The van der Waals surface area contributed by atoms with E-state index in [0.717, 1.165) is 25.7 Å². The van der Waals surface area contributed by atoms with Crippen LogP contribution in [0.5, 0.6) is 5.75 Å². The lowest BCUT2D eigenvalue weighted by Crippen LogP contribution is -2.17. The second-order valence-electron chi connectivity index (χ2n) is 7.86. The van der Waals surface area contributed by atoms with Gasteiger partial charge in [0.05, 0.1) is 18.4 Å². The Hall–Kier alpha value is -3.82. The predicted molar refractivity (Wildman–Crippen MR) is 121 cm³/mol. The molecule has 0 bridgehead atoms. The normalized spacial score (nSPS) is 14.0. The van der Waals surface area contributed by atoms with Gasteiger partial charge in [0.2, 0.25) is 5.95 Å². The van der Waals surface area contributed by atoms with Crippen molar-refractivity contribution in [1.29, 1.82) is 0 Å². The van der Waals surface area contributed by atoms with E-state index in [1.54, 1.807) is 36.4 Å². The molecule has 1 aliphatic rings. The zero-order chi connectivity index (χ0) is 24.1. The SMILES string of the molecule is COC(=O)c1ccc(Nc2cc(-c3cccc(OC(F)(F)F)c3)nc(NC3CCCC3)n2)cc1. The third-order valence-corrected chi connectivity index (χ3v) is 5.36. The Bertz CT molecular complexity index is 1150. The Morgan fingerprint density at radius 2 is 1.76 bits per heavy atom. The Morgan fingerprint density at radius 1 is 1.03 bits per heavy atom. The number of anilines is 3. The average Bonchev–Trinajstić information content (AvgIpc) is 3.31. The van der Waals surface area contributed by atoms with Crippen molar-refractivity contribution in [2.75, 3.05) is 17.7 Å². The number of halogens is 3. The summed E-state index contributed by atoms with van der Waals surface area (Å²) in [6.07, 6.45) is -0.555. The molecule has 2 N–H and O–H groups in total. The van der Waals surface area contributed by atoms with Gasteiger partial charge >= 0.3 is 12.3 Å². The smallest absolute Gasteiger partial charge is 0.465 e. The number of ether oxygens (including phenoxy) is 2. The fourth-order valence-electron chi connectivity index (χ4n) is 3.78. The van der Waals surface area contributed by atoms with Crippen LogP contribution in [0.3, 0.4) is 0 Å². The van der Waals surface area contributed by atoms with Crippen molar-refractivity contribution in [3.63, 3.8) is 0 Å². The van der Waals surface area contributed by atoms with E-state index in [-0.39, 0.29) is 11.8 Å². The minimum absolute atomic E-state index is 0.238. The summed E-state index contributed by atoms with van der Waals surface area (Å²) in [6.45, 7) is 0. The standard InChI is InChI=1S/C24H23F3N4O3/c1-33-22(32)15-9-11-18(12-10-15)28-21-14-20(30-23(31-21)29-17-6-2-3-7-17)16-5-4-8-19(13-16)34-24(25,26)27/h4-5,8-14,17H,2-3,6-7H2,1H3,(H2,28,29,30,31). The van der Waals surface area contributed by atoms with Gasteiger partial charge in [0.25, 0.3) is 0 Å². The molecule has 3 aromatic rings. The van der Waals surface area contributed by atoms with Gasteiger partial charge in [-0.15, -0.1) is 13.2 Å². The molecule has 0 unspecified atom stereocenters. The summed E-state index contributed by atoms with van der Waals surface area (Å²) in [5.74, 6) is 0.0420. The number of methoxy groups -OCH3 is 1. The summed E-state index contributed by atoms with van der Waals surface area (Å²) in [5.41, 5.74) is 1.94. The van der Waals surface area contributed by atoms with Gasteiger partial charge in [-0.25, -0.2) is 9.78 Å². The number of carbonyl (C=O) groups is 1. The molecule has 1 aromatic heterocycles. The van der Waals surface area contributed by atoms with Crippen LogP contribution in [0, 0.1) is 0 Å². The monoisotopic (exact) mass is 472 g/mol. The highest BCUT2D eigenvalue weighted by atomic mass is 19.4. The molecule has 1 saturated carbocycles. The number of esters is 1. The van der Waals surface area contributed by atoms with Crippen LogP contribution < -0.4 is 15.4 Å². The van der Waals surface area contributed by atoms with Crippen molar-refractivity contribution in [2.24, 2.45) is 0 Å². The molecule has 1 heterocycles. The van der Waals surface area contributed by atoms with E-state index >= 15 is 0 Å². The maximum Gasteiger partial charge on any atom is 0.573 e. The van der Waals surface area contributed by atoms with Crippen molar-refractivity contribution in [3.05, 3.63) is 60.2 Å². The summed E-state index contributed by atoms with van der Waals surface area (Å²) in [4.78, 5) is 20.7. The molecule has 10 heteroatoms. The van der Waals surface area contributed by atoms with Crippen LogP contribution in [0.25, 0.3) is 11.3 Å². The quantitative estimate of drug-likeness (QED) is 0.413. The minimum atomic E-state index is -4.79. The van der Waals surface area contributed by atoms with Crippen molar-refractivity contribution >= 4 is 23.4 Å². The van der Waals surface area contributed by atoms with Gasteiger partial charge in [-0.05, 0) is 49.2 Å². The second kappa shape index (κ2) is 9.98. The summed E-state index contributed by atoms with van der Waals surface area (Å²) in [5, 5.41) is 6.49. The molecular weight excluding hydrogens is 449 g/mol. The number of alkyl halides is 3. The van der Waals surface area contributed by atoms with Crippen molar-refractivity contribution in [3.8, 4) is 17.0 Å². The molecule has 178 valence electrons. The first-order valence-corrected chi connectivity index (χ1v) is 10.8. The number of hydrogen-bond donors (Lipinski definition) is 2. The first-order valence-electron chi connectivity index (χ1n) is 10.8. The zero-order valence-corrected chi connectivity index (χ0v) is 18.4. The van der Waals surface area contributed by atoms with Crippen LogP contribution in [0.15, 0.2) is 54.6 Å². The highest BCUT2D eigenvalue weighted by Gasteiger charge is 2.31. The molecule has 1 fully saturated rings. The third-order valence-electron chi connectivity index (χ3n) is 5.36. The van der Waals surface area contributed by atoms with E-state index in [4.69, 9.17) is 4.74 Å². The van der Waals surface area contributed by atoms with Crippen LogP contribution >= 0.6 is 0 Å². The summed E-state index contributed by atoms with van der Waals surface area (Å²) in [7, 11) is 1.31. The zero-order valence-electron chi connectivity index (χ0n) is 18.4. The summed E-state index contributed by atoms with van der Waals surface area (Å²) < 4.78 is 46.8. The van der Waals surface area contributed by atoms with E-state index < -0.39 is 12.3 Å². The molecule has 0 aliphatic heterocycles. The van der Waals surface area contributed by atoms with Crippen molar-refractivity contribution in [1.82, 2.24) is 9.97 Å². The largest absolute Gasteiger partial charge is 0.573 e.